The zero-order chi connectivity index (χ0) is 15.6. The molecular weight excluding hydrogens is 356 g/mol. The van der Waals surface area contributed by atoms with Crippen molar-refractivity contribution in [3.63, 3.8) is 0 Å². The SMILES string of the molecule is CC(=O)c1cc([N+](=O)[O-])c(N(C)Cc2cccc(Br)c2)s1. The first-order chi connectivity index (χ1) is 9.88. The summed E-state index contributed by atoms with van der Waals surface area (Å²) in [5, 5.41) is 11.6. The number of hydrogen-bond donors (Lipinski definition) is 0. The number of benzene rings is 1. The highest BCUT2D eigenvalue weighted by molar-refractivity contribution is 9.10. The van der Waals surface area contributed by atoms with E-state index in [-0.39, 0.29) is 11.5 Å². The van der Waals surface area contributed by atoms with Crippen molar-refractivity contribution < 1.29 is 9.72 Å². The van der Waals surface area contributed by atoms with E-state index in [0.717, 1.165) is 21.4 Å². The monoisotopic (exact) mass is 368 g/mol. The molecule has 0 fully saturated rings. The molecule has 110 valence electrons. The van der Waals surface area contributed by atoms with E-state index in [1.54, 1.807) is 11.9 Å². The molecule has 0 saturated heterocycles. The van der Waals surface area contributed by atoms with E-state index in [1.165, 1.54) is 13.0 Å². The van der Waals surface area contributed by atoms with Crippen molar-refractivity contribution in [2.24, 2.45) is 0 Å². The molecular formula is C14H13BrN2O3S. The minimum atomic E-state index is -0.449. The second-order valence-corrected chi connectivity index (χ2v) is 6.55. The molecule has 0 bridgehead atoms. The third-order valence-electron chi connectivity index (χ3n) is 2.89. The molecule has 1 aromatic heterocycles. The van der Waals surface area contributed by atoms with Crippen molar-refractivity contribution >= 4 is 43.7 Å². The second kappa shape index (κ2) is 6.36. The van der Waals surface area contributed by atoms with Gasteiger partial charge in [0, 0.05) is 24.1 Å². The summed E-state index contributed by atoms with van der Waals surface area (Å²) >= 11 is 4.55. The first kappa shape index (κ1) is 15.7. The van der Waals surface area contributed by atoms with Crippen molar-refractivity contribution in [3.8, 4) is 0 Å². The van der Waals surface area contributed by atoms with Crippen molar-refractivity contribution in [2.75, 3.05) is 11.9 Å². The van der Waals surface area contributed by atoms with E-state index < -0.39 is 4.92 Å². The maximum atomic E-state index is 11.4. The fraction of sp³-hybridized carbons (Fsp3) is 0.214. The molecule has 0 aliphatic carbocycles. The summed E-state index contributed by atoms with van der Waals surface area (Å²) in [5.41, 5.74) is 1.00. The summed E-state index contributed by atoms with van der Waals surface area (Å²) in [6.45, 7) is 1.94. The molecule has 1 heterocycles. The number of rotatable bonds is 5. The Hall–Kier alpha value is -1.73. The highest BCUT2D eigenvalue weighted by Gasteiger charge is 2.23. The number of thiophene rings is 1. The fourth-order valence-corrected chi connectivity index (χ4v) is 3.36. The molecule has 0 radical (unpaired) electrons. The number of anilines is 1. The molecule has 5 nitrogen and oxygen atoms in total. The lowest BCUT2D eigenvalue weighted by Gasteiger charge is -2.16. The van der Waals surface area contributed by atoms with Crippen molar-refractivity contribution in [1.82, 2.24) is 0 Å². The standard InChI is InChI=1S/C14H13BrN2O3S/c1-9(18)13-7-12(17(19)20)14(21-13)16(2)8-10-4-3-5-11(15)6-10/h3-7H,8H2,1-2H3. The van der Waals surface area contributed by atoms with Crippen LogP contribution >= 0.6 is 27.3 Å². The number of halogens is 1. The van der Waals surface area contributed by atoms with Gasteiger partial charge in [-0.1, -0.05) is 28.1 Å². The molecule has 0 saturated carbocycles. The maximum Gasteiger partial charge on any atom is 0.304 e. The van der Waals surface area contributed by atoms with Crippen LogP contribution in [0.1, 0.15) is 22.2 Å². The lowest BCUT2D eigenvalue weighted by molar-refractivity contribution is -0.383. The highest BCUT2D eigenvalue weighted by atomic mass is 79.9. The van der Waals surface area contributed by atoms with Gasteiger partial charge in [0.05, 0.1) is 9.80 Å². The van der Waals surface area contributed by atoms with E-state index >= 15 is 0 Å². The molecule has 21 heavy (non-hydrogen) atoms. The number of carbonyl (C=O) groups excluding carboxylic acids is 1. The van der Waals surface area contributed by atoms with Crippen molar-refractivity contribution in [3.05, 3.63) is 55.4 Å². The molecule has 0 aliphatic heterocycles. The van der Waals surface area contributed by atoms with Gasteiger partial charge in [-0.15, -0.1) is 11.3 Å². The summed E-state index contributed by atoms with van der Waals surface area (Å²) in [7, 11) is 1.78. The maximum absolute atomic E-state index is 11.4. The van der Waals surface area contributed by atoms with Crippen LogP contribution in [0.5, 0.6) is 0 Å². The average Bonchev–Trinajstić information content (AvgIpc) is 2.84. The lowest BCUT2D eigenvalue weighted by Crippen LogP contribution is -2.16. The Kier molecular flexibility index (Phi) is 4.74. The first-order valence-electron chi connectivity index (χ1n) is 6.13. The van der Waals surface area contributed by atoms with Gasteiger partial charge in [0.15, 0.2) is 10.8 Å². The van der Waals surface area contributed by atoms with E-state index in [4.69, 9.17) is 0 Å². The summed E-state index contributed by atoms with van der Waals surface area (Å²) in [4.78, 5) is 24.3. The van der Waals surface area contributed by atoms with E-state index in [0.29, 0.717) is 16.4 Å². The van der Waals surface area contributed by atoms with E-state index in [9.17, 15) is 14.9 Å². The zero-order valence-corrected chi connectivity index (χ0v) is 13.9. The zero-order valence-electron chi connectivity index (χ0n) is 11.5. The van der Waals surface area contributed by atoms with Crippen LogP contribution in [0.15, 0.2) is 34.8 Å². The Labute approximate surface area is 134 Å². The third-order valence-corrected chi connectivity index (χ3v) is 4.73. The molecule has 2 aromatic rings. The van der Waals surface area contributed by atoms with Crippen LogP contribution in [-0.2, 0) is 6.54 Å². The molecule has 1 aromatic carbocycles. The predicted molar refractivity (Wildman–Crippen MR) is 87.2 cm³/mol. The van der Waals surface area contributed by atoms with Gasteiger partial charge in [-0.25, -0.2) is 0 Å². The number of hydrogen-bond acceptors (Lipinski definition) is 5. The lowest BCUT2D eigenvalue weighted by atomic mass is 10.2. The largest absolute Gasteiger partial charge is 0.357 e. The number of carbonyl (C=O) groups is 1. The van der Waals surface area contributed by atoms with Crippen molar-refractivity contribution in [1.29, 1.82) is 0 Å². The molecule has 0 aliphatic rings. The first-order valence-corrected chi connectivity index (χ1v) is 7.74. The summed E-state index contributed by atoms with van der Waals surface area (Å²) in [6, 6.07) is 9.09. The van der Waals surface area contributed by atoms with Gasteiger partial charge in [0.1, 0.15) is 0 Å². The molecule has 0 unspecified atom stereocenters. The molecule has 0 atom stereocenters. The van der Waals surface area contributed by atoms with Gasteiger partial charge >= 0.3 is 5.69 Å². The smallest absolute Gasteiger partial charge is 0.304 e. The number of Topliss-reactive ketones (excluding diaryl/α,β-unsaturated/α-hetero) is 1. The Balaban J connectivity index is 2.31. The number of ketones is 1. The van der Waals surface area contributed by atoms with Gasteiger partial charge in [-0.3, -0.25) is 14.9 Å². The molecule has 2 rings (SSSR count). The minimum absolute atomic E-state index is 0.0253. The Morgan fingerprint density at radius 2 is 2.14 bits per heavy atom. The predicted octanol–water partition coefficient (Wildman–Crippen LogP) is 4.26. The van der Waals surface area contributed by atoms with Crippen LogP contribution in [-0.4, -0.2) is 17.8 Å². The van der Waals surface area contributed by atoms with E-state index in [2.05, 4.69) is 15.9 Å². The fourth-order valence-electron chi connectivity index (χ4n) is 1.93. The van der Waals surface area contributed by atoms with Crippen LogP contribution in [0, 0.1) is 10.1 Å². The minimum Gasteiger partial charge on any atom is -0.357 e. The molecule has 0 N–H and O–H groups in total. The second-order valence-electron chi connectivity index (χ2n) is 4.60. The van der Waals surface area contributed by atoms with Crippen LogP contribution in [0.25, 0.3) is 0 Å². The number of nitrogens with zero attached hydrogens (tertiary/aromatic N) is 2. The van der Waals surface area contributed by atoms with Crippen LogP contribution in [0.3, 0.4) is 0 Å². The molecule has 7 heteroatoms. The van der Waals surface area contributed by atoms with Crippen molar-refractivity contribution in [2.45, 2.75) is 13.5 Å². The van der Waals surface area contributed by atoms with Gasteiger partial charge in [-0.05, 0) is 24.6 Å². The molecule has 0 spiro atoms. The van der Waals surface area contributed by atoms with Gasteiger partial charge < -0.3 is 4.90 Å². The molecule has 0 amide bonds. The van der Waals surface area contributed by atoms with Gasteiger partial charge in [0.25, 0.3) is 0 Å². The quantitative estimate of drug-likeness (QED) is 0.449. The normalized spacial score (nSPS) is 10.4. The van der Waals surface area contributed by atoms with Crippen LogP contribution < -0.4 is 4.90 Å². The van der Waals surface area contributed by atoms with Crippen LogP contribution in [0.4, 0.5) is 10.7 Å². The topological polar surface area (TPSA) is 63.4 Å². The third kappa shape index (κ3) is 3.68. The Bertz CT molecular complexity index is 699. The summed E-state index contributed by atoms with van der Waals surface area (Å²) in [5.74, 6) is -0.162. The summed E-state index contributed by atoms with van der Waals surface area (Å²) < 4.78 is 0.957. The van der Waals surface area contributed by atoms with Gasteiger partial charge in [0.2, 0.25) is 0 Å². The Morgan fingerprint density at radius 1 is 1.43 bits per heavy atom. The Morgan fingerprint density at radius 3 is 2.71 bits per heavy atom. The number of nitro groups is 1. The average molecular weight is 369 g/mol. The van der Waals surface area contributed by atoms with E-state index in [1.807, 2.05) is 24.3 Å². The summed E-state index contributed by atoms with van der Waals surface area (Å²) in [6.07, 6.45) is 0. The van der Waals surface area contributed by atoms with Crippen LogP contribution in [0.2, 0.25) is 0 Å². The van der Waals surface area contributed by atoms with Gasteiger partial charge in [-0.2, -0.15) is 0 Å². The highest BCUT2D eigenvalue weighted by Crippen LogP contribution is 2.37.